The highest BCUT2D eigenvalue weighted by Crippen LogP contribution is 2.22. The molecular formula is C20H18N2O5. The summed E-state index contributed by atoms with van der Waals surface area (Å²) in [4.78, 5) is 24.1. The fourth-order valence-electron chi connectivity index (χ4n) is 2.21. The molecule has 0 saturated carbocycles. The Morgan fingerprint density at radius 1 is 1.04 bits per heavy atom. The molecule has 7 heteroatoms. The topological polar surface area (TPSA) is 90.7 Å². The van der Waals surface area contributed by atoms with E-state index in [0.717, 1.165) is 5.75 Å². The maximum atomic E-state index is 12.2. The zero-order valence-electron chi connectivity index (χ0n) is 14.8. The van der Waals surface area contributed by atoms with Crippen LogP contribution in [0.4, 0.5) is 5.69 Å². The second-order valence-corrected chi connectivity index (χ2v) is 5.81. The van der Waals surface area contributed by atoms with Crippen LogP contribution in [0.3, 0.4) is 0 Å². The van der Waals surface area contributed by atoms with Gasteiger partial charge < -0.3 is 19.3 Å². The molecule has 1 amide bonds. The van der Waals surface area contributed by atoms with E-state index in [2.05, 4.69) is 10.5 Å². The van der Waals surface area contributed by atoms with Crippen molar-refractivity contribution >= 4 is 17.6 Å². The largest absolute Gasteiger partial charge is 0.457 e. The molecule has 3 rings (SSSR count). The van der Waals surface area contributed by atoms with E-state index in [4.69, 9.17) is 14.0 Å². The van der Waals surface area contributed by atoms with Gasteiger partial charge in [0, 0.05) is 11.8 Å². The number of carbonyl (C=O) groups excluding carboxylic acids is 2. The molecule has 0 aliphatic carbocycles. The molecule has 0 spiro atoms. The highest BCUT2D eigenvalue weighted by molar-refractivity contribution is 5.96. The molecule has 3 aromatic rings. The van der Waals surface area contributed by atoms with E-state index < -0.39 is 18.0 Å². The van der Waals surface area contributed by atoms with E-state index >= 15 is 0 Å². The van der Waals surface area contributed by atoms with Crippen LogP contribution < -0.4 is 10.1 Å². The van der Waals surface area contributed by atoms with Crippen molar-refractivity contribution in [3.8, 4) is 11.5 Å². The molecule has 1 aromatic heterocycles. The standard InChI is InChI=1S/C20H18N2O5/c1-13-12-18(27-22-13)20(24)25-14(2)19(23)21-15-8-10-17(11-9-15)26-16-6-4-3-5-7-16/h3-12,14H,1-2H3,(H,21,23)/t14-/m1/s1. The van der Waals surface area contributed by atoms with Crippen LogP contribution in [-0.4, -0.2) is 23.1 Å². The fourth-order valence-corrected chi connectivity index (χ4v) is 2.21. The maximum absolute atomic E-state index is 12.2. The third-order valence-electron chi connectivity index (χ3n) is 3.58. The minimum Gasteiger partial charge on any atom is -0.457 e. The predicted octanol–water partition coefficient (Wildman–Crippen LogP) is 3.96. The van der Waals surface area contributed by atoms with E-state index in [0.29, 0.717) is 17.1 Å². The van der Waals surface area contributed by atoms with Gasteiger partial charge in [0.2, 0.25) is 5.76 Å². The lowest BCUT2D eigenvalue weighted by Gasteiger charge is -2.13. The molecule has 1 N–H and O–H groups in total. The summed E-state index contributed by atoms with van der Waals surface area (Å²) in [6.45, 7) is 3.16. The number of carbonyl (C=O) groups is 2. The molecule has 2 aromatic carbocycles. The number of benzene rings is 2. The van der Waals surface area contributed by atoms with E-state index in [9.17, 15) is 9.59 Å². The number of rotatable bonds is 6. The van der Waals surface area contributed by atoms with Crippen molar-refractivity contribution < 1.29 is 23.6 Å². The molecule has 0 bridgehead atoms. The van der Waals surface area contributed by atoms with E-state index in [-0.39, 0.29) is 5.76 Å². The number of amides is 1. The molecule has 0 unspecified atom stereocenters. The zero-order chi connectivity index (χ0) is 19.2. The van der Waals surface area contributed by atoms with Crippen LogP contribution in [0.5, 0.6) is 11.5 Å². The normalized spacial score (nSPS) is 11.5. The summed E-state index contributed by atoms with van der Waals surface area (Å²) in [6.07, 6.45) is -0.997. The average molecular weight is 366 g/mol. The third-order valence-corrected chi connectivity index (χ3v) is 3.58. The molecule has 27 heavy (non-hydrogen) atoms. The number of aryl methyl sites for hydroxylation is 1. The number of hydrogen-bond donors (Lipinski definition) is 1. The van der Waals surface area contributed by atoms with Gasteiger partial charge >= 0.3 is 5.97 Å². The first-order valence-electron chi connectivity index (χ1n) is 8.29. The lowest BCUT2D eigenvalue weighted by atomic mass is 10.2. The van der Waals surface area contributed by atoms with Gasteiger partial charge in [-0.25, -0.2) is 4.79 Å². The number of esters is 1. The van der Waals surface area contributed by atoms with Gasteiger partial charge in [-0.1, -0.05) is 23.4 Å². The van der Waals surface area contributed by atoms with Crippen LogP contribution in [0, 0.1) is 6.92 Å². The molecular weight excluding hydrogens is 348 g/mol. The molecule has 7 nitrogen and oxygen atoms in total. The Hall–Kier alpha value is -3.61. The van der Waals surface area contributed by atoms with Gasteiger partial charge in [0.05, 0.1) is 5.69 Å². The highest BCUT2D eigenvalue weighted by atomic mass is 16.6. The minimum absolute atomic E-state index is 0.0467. The Morgan fingerprint density at radius 2 is 1.70 bits per heavy atom. The van der Waals surface area contributed by atoms with Crippen LogP contribution in [0.15, 0.2) is 65.2 Å². The van der Waals surface area contributed by atoms with Crippen molar-refractivity contribution in [1.82, 2.24) is 5.16 Å². The lowest BCUT2D eigenvalue weighted by molar-refractivity contribution is -0.123. The van der Waals surface area contributed by atoms with Gasteiger partial charge in [0.1, 0.15) is 11.5 Å². The summed E-state index contributed by atoms with van der Waals surface area (Å²) >= 11 is 0. The quantitative estimate of drug-likeness (QED) is 0.664. The van der Waals surface area contributed by atoms with Gasteiger partial charge in [-0.05, 0) is 50.2 Å². The summed E-state index contributed by atoms with van der Waals surface area (Å²) < 4.78 is 15.6. The summed E-state index contributed by atoms with van der Waals surface area (Å²) in [5.41, 5.74) is 1.11. The number of para-hydroxylation sites is 1. The molecule has 1 atom stereocenters. The Bertz CT molecular complexity index is 919. The molecule has 0 radical (unpaired) electrons. The summed E-state index contributed by atoms with van der Waals surface area (Å²) in [5.74, 6) is 0.104. The fraction of sp³-hybridized carbons (Fsp3) is 0.150. The first-order valence-corrected chi connectivity index (χ1v) is 8.29. The lowest BCUT2D eigenvalue weighted by Crippen LogP contribution is -2.29. The van der Waals surface area contributed by atoms with Gasteiger partial charge in [-0.3, -0.25) is 4.79 Å². The third kappa shape index (κ3) is 4.94. The molecule has 138 valence electrons. The van der Waals surface area contributed by atoms with Crippen LogP contribution in [0.25, 0.3) is 0 Å². The smallest absolute Gasteiger partial charge is 0.377 e. The Kier molecular flexibility index (Phi) is 5.51. The SMILES string of the molecule is Cc1cc(C(=O)O[C@H](C)C(=O)Nc2ccc(Oc3ccccc3)cc2)on1. The Labute approximate surface area is 155 Å². The summed E-state index contributed by atoms with van der Waals surface area (Å²) in [5, 5.41) is 6.28. The second-order valence-electron chi connectivity index (χ2n) is 5.81. The second kappa shape index (κ2) is 8.18. The summed E-state index contributed by atoms with van der Waals surface area (Å²) in [6, 6.07) is 17.7. The van der Waals surface area contributed by atoms with E-state index in [1.807, 2.05) is 30.3 Å². The number of nitrogens with one attached hydrogen (secondary N) is 1. The van der Waals surface area contributed by atoms with E-state index in [1.54, 1.807) is 31.2 Å². The van der Waals surface area contributed by atoms with Crippen LogP contribution in [0.2, 0.25) is 0 Å². The van der Waals surface area contributed by atoms with Gasteiger partial charge in [-0.2, -0.15) is 0 Å². The van der Waals surface area contributed by atoms with Crippen molar-refractivity contribution in [3.63, 3.8) is 0 Å². The van der Waals surface area contributed by atoms with Crippen LogP contribution in [0.1, 0.15) is 23.2 Å². The maximum Gasteiger partial charge on any atom is 0.377 e. The van der Waals surface area contributed by atoms with Crippen molar-refractivity contribution in [2.75, 3.05) is 5.32 Å². The highest BCUT2D eigenvalue weighted by Gasteiger charge is 2.21. The number of aromatic nitrogens is 1. The van der Waals surface area contributed by atoms with Crippen molar-refractivity contribution in [2.45, 2.75) is 20.0 Å². The monoisotopic (exact) mass is 366 g/mol. The predicted molar refractivity (Wildman–Crippen MR) is 97.7 cm³/mol. The van der Waals surface area contributed by atoms with Gasteiger partial charge in [0.25, 0.3) is 5.91 Å². The Balaban J connectivity index is 1.54. The van der Waals surface area contributed by atoms with Crippen molar-refractivity contribution in [3.05, 3.63) is 72.1 Å². The Morgan fingerprint density at radius 3 is 2.33 bits per heavy atom. The number of anilines is 1. The van der Waals surface area contributed by atoms with Crippen molar-refractivity contribution in [1.29, 1.82) is 0 Å². The first-order chi connectivity index (χ1) is 13.0. The molecule has 0 fully saturated rings. The number of nitrogens with zero attached hydrogens (tertiary/aromatic N) is 1. The van der Waals surface area contributed by atoms with Crippen LogP contribution >= 0.6 is 0 Å². The van der Waals surface area contributed by atoms with Gasteiger partial charge in [0.15, 0.2) is 6.10 Å². The van der Waals surface area contributed by atoms with Gasteiger partial charge in [-0.15, -0.1) is 0 Å². The number of ether oxygens (including phenoxy) is 2. The van der Waals surface area contributed by atoms with E-state index in [1.165, 1.54) is 13.0 Å². The summed E-state index contributed by atoms with van der Waals surface area (Å²) in [7, 11) is 0. The van der Waals surface area contributed by atoms with Crippen molar-refractivity contribution in [2.24, 2.45) is 0 Å². The number of hydrogen-bond acceptors (Lipinski definition) is 6. The first kappa shape index (κ1) is 18.2. The molecule has 0 aliphatic heterocycles. The molecule has 1 heterocycles. The van der Waals surface area contributed by atoms with Crippen LogP contribution in [-0.2, 0) is 9.53 Å². The molecule has 0 aliphatic rings. The average Bonchev–Trinajstić information content (AvgIpc) is 3.10. The molecule has 0 saturated heterocycles. The zero-order valence-corrected chi connectivity index (χ0v) is 14.8. The minimum atomic E-state index is -0.997.